The van der Waals surface area contributed by atoms with Gasteiger partial charge in [-0.25, -0.2) is 0 Å². The van der Waals surface area contributed by atoms with E-state index in [1.165, 1.54) is 0 Å². The fourth-order valence-electron chi connectivity index (χ4n) is 2.02. The summed E-state index contributed by atoms with van der Waals surface area (Å²) in [5.74, 6) is 0.691. The van der Waals surface area contributed by atoms with Crippen LogP contribution in [0.2, 0.25) is 0 Å². The van der Waals surface area contributed by atoms with E-state index in [4.69, 9.17) is 0 Å². The van der Waals surface area contributed by atoms with Crippen LogP contribution in [-0.4, -0.2) is 0 Å². The van der Waals surface area contributed by atoms with Gasteiger partial charge in [-0.15, -0.1) is 0 Å². The Balaban J connectivity index is 2.30. The van der Waals surface area contributed by atoms with Crippen LogP contribution in [0.15, 0.2) is 48.5 Å². The summed E-state index contributed by atoms with van der Waals surface area (Å²) in [5.41, 5.74) is 3.23. The topological polar surface area (TPSA) is 25.8 Å². The SMILES string of the molecule is [O-][O+]1Cc2ccccc2-c2ccccc21. The summed E-state index contributed by atoms with van der Waals surface area (Å²) in [5, 5.41) is 11.7. The van der Waals surface area contributed by atoms with E-state index in [-0.39, 0.29) is 0 Å². The van der Waals surface area contributed by atoms with Crippen LogP contribution in [0, 0.1) is 0 Å². The molecular weight excluding hydrogens is 188 g/mol. The minimum Gasteiger partial charge on any atom is -0.561 e. The third-order valence-corrected chi connectivity index (χ3v) is 2.73. The normalized spacial score (nSPS) is 13.3. The van der Waals surface area contributed by atoms with Gasteiger partial charge in [0, 0.05) is 17.2 Å². The van der Waals surface area contributed by atoms with E-state index in [1.54, 1.807) is 0 Å². The van der Waals surface area contributed by atoms with Crippen LogP contribution in [0.5, 0.6) is 5.75 Å². The number of rotatable bonds is 0. The molecule has 0 saturated heterocycles. The van der Waals surface area contributed by atoms with Crippen molar-refractivity contribution in [3.63, 3.8) is 0 Å². The lowest BCUT2D eigenvalue weighted by Gasteiger charge is -2.31. The molecule has 2 aromatic carbocycles. The Kier molecular flexibility index (Phi) is 1.76. The molecule has 1 heterocycles. The molecule has 0 radical (unpaired) electrons. The Morgan fingerprint density at radius 2 is 1.53 bits per heavy atom. The van der Waals surface area contributed by atoms with Crippen molar-refractivity contribution in [1.29, 1.82) is 0 Å². The minimum atomic E-state index is 0.368. The molecular formula is C13H10O2. The average molecular weight is 198 g/mol. The van der Waals surface area contributed by atoms with E-state index in [1.807, 2.05) is 47.0 Å². The molecule has 74 valence electrons. The highest BCUT2D eigenvalue weighted by atomic mass is 17.2. The lowest BCUT2D eigenvalue weighted by atomic mass is 9.97. The monoisotopic (exact) mass is 198 g/mol. The van der Waals surface area contributed by atoms with Gasteiger partial charge in [0.15, 0.2) is 0 Å². The van der Waals surface area contributed by atoms with E-state index in [0.717, 1.165) is 16.7 Å². The van der Waals surface area contributed by atoms with Crippen molar-refractivity contribution in [2.24, 2.45) is 0 Å². The molecule has 0 fully saturated rings. The highest BCUT2D eigenvalue weighted by Crippen LogP contribution is 2.41. The molecule has 0 bridgehead atoms. The van der Waals surface area contributed by atoms with E-state index >= 15 is 0 Å². The molecule has 0 atom stereocenters. The molecule has 2 aromatic rings. The summed E-state index contributed by atoms with van der Waals surface area (Å²) in [6, 6.07) is 15.7. The standard InChI is InChI=1S/C13H10O2/c14-15-9-10-5-1-2-6-11(10)12-7-3-4-8-13(12)15/h1-8H,9H2. The van der Waals surface area contributed by atoms with Gasteiger partial charge in [0.05, 0.1) is 5.56 Å². The van der Waals surface area contributed by atoms with Gasteiger partial charge < -0.3 is 9.78 Å². The Labute approximate surface area is 88.0 Å². The van der Waals surface area contributed by atoms with Crippen LogP contribution in [0.25, 0.3) is 11.1 Å². The molecule has 1 aliphatic heterocycles. The molecule has 0 N–H and O–H groups in total. The van der Waals surface area contributed by atoms with Gasteiger partial charge in [0.1, 0.15) is 0 Å². The number of hydrogen-bond acceptors (Lipinski definition) is 1. The van der Waals surface area contributed by atoms with Crippen molar-refractivity contribution in [3.8, 4) is 16.9 Å². The highest BCUT2D eigenvalue weighted by Gasteiger charge is 2.22. The molecule has 0 unspecified atom stereocenters. The van der Waals surface area contributed by atoms with Gasteiger partial charge in [-0.05, 0) is 12.1 Å². The van der Waals surface area contributed by atoms with Gasteiger partial charge in [0.2, 0.25) is 6.61 Å². The first-order valence-corrected chi connectivity index (χ1v) is 4.92. The molecule has 0 saturated carbocycles. The number of para-hydroxylation sites is 1. The van der Waals surface area contributed by atoms with Gasteiger partial charge >= 0.3 is 0 Å². The van der Waals surface area contributed by atoms with Crippen LogP contribution in [0.4, 0.5) is 0 Å². The maximum Gasteiger partial charge on any atom is 0.273 e. The quantitative estimate of drug-likeness (QED) is 0.471. The summed E-state index contributed by atoms with van der Waals surface area (Å²) in [4.78, 5) is 0. The molecule has 1 aliphatic rings. The second-order valence-electron chi connectivity index (χ2n) is 3.64. The molecule has 2 nitrogen and oxygen atoms in total. The van der Waals surface area contributed by atoms with Crippen LogP contribution in [-0.2, 0) is 11.1 Å². The smallest absolute Gasteiger partial charge is 0.273 e. The lowest BCUT2D eigenvalue weighted by Crippen LogP contribution is -2.23. The molecule has 0 spiro atoms. The zero-order chi connectivity index (χ0) is 10.3. The zero-order valence-corrected chi connectivity index (χ0v) is 8.14. The first-order valence-electron chi connectivity index (χ1n) is 4.92. The largest absolute Gasteiger partial charge is 0.561 e. The lowest BCUT2D eigenvalue weighted by molar-refractivity contribution is -0.773. The van der Waals surface area contributed by atoms with Crippen LogP contribution >= 0.6 is 0 Å². The second-order valence-corrected chi connectivity index (χ2v) is 3.64. The van der Waals surface area contributed by atoms with Crippen molar-refractivity contribution in [2.75, 3.05) is 0 Å². The Bertz CT molecular complexity index is 505. The Hall–Kier alpha value is -1.80. The van der Waals surface area contributed by atoms with Gasteiger partial charge in [0.25, 0.3) is 5.75 Å². The van der Waals surface area contributed by atoms with Crippen molar-refractivity contribution in [1.82, 2.24) is 0 Å². The molecule has 0 aliphatic carbocycles. The first kappa shape index (κ1) is 8.50. The third kappa shape index (κ3) is 1.22. The van der Waals surface area contributed by atoms with Crippen LogP contribution < -0.4 is 5.26 Å². The van der Waals surface area contributed by atoms with Gasteiger partial charge in [-0.3, -0.25) is 0 Å². The van der Waals surface area contributed by atoms with E-state index in [0.29, 0.717) is 12.4 Å². The van der Waals surface area contributed by atoms with Crippen molar-refractivity contribution in [2.45, 2.75) is 6.61 Å². The molecule has 2 heteroatoms. The number of benzene rings is 2. The summed E-state index contributed by atoms with van der Waals surface area (Å²) in [6.45, 7) is 0.368. The fourth-order valence-corrected chi connectivity index (χ4v) is 2.02. The molecule has 15 heavy (non-hydrogen) atoms. The minimum absolute atomic E-state index is 0.368. The summed E-state index contributed by atoms with van der Waals surface area (Å²) in [6.07, 6.45) is 0. The Morgan fingerprint density at radius 1 is 0.867 bits per heavy atom. The third-order valence-electron chi connectivity index (χ3n) is 2.73. The first-order chi connectivity index (χ1) is 7.36. The zero-order valence-electron chi connectivity index (χ0n) is 8.14. The predicted octanol–water partition coefficient (Wildman–Crippen LogP) is 2.41. The fraction of sp³-hybridized carbons (Fsp3) is 0.0769. The van der Waals surface area contributed by atoms with Crippen LogP contribution in [0.1, 0.15) is 5.56 Å². The summed E-state index contributed by atoms with van der Waals surface area (Å²) >= 11 is 0. The maximum atomic E-state index is 11.7. The Morgan fingerprint density at radius 3 is 2.40 bits per heavy atom. The van der Waals surface area contributed by atoms with Crippen LogP contribution in [0.3, 0.4) is 0 Å². The van der Waals surface area contributed by atoms with Crippen molar-refractivity contribution in [3.05, 3.63) is 54.1 Å². The number of fused-ring (bicyclic) bond motifs is 3. The van der Waals surface area contributed by atoms with Crippen molar-refractivity contribution < 1.29 is 9.78 Å². The summed E-state index contributed by atoms with van der Waals surface area (Å²) in [7, 11) is 0. The number of hydrogen-bond donors (Lipinski definition) is 0. The molecule has 3 rings (SSSR count). The van der Waals surface area contributed by atoms with Gasteiger partial charge in [-0.2, -0.15) is 0 Å². The van der Waals surface area contributed by atoms with E-state index < -0.39 is 0 Å². The van der Waals surface area contributed by atoms with Crippen molar-refractivity contribution >= 4 is 0 Å². The van der Waals surface area contributed by atoms with E-state index in [9.17, 15) is 5.26 Å². The second kappa shape index (κ2) is 3.11. The van der Waals surface area contributed by atoms with Gasteiger partial charge in [-0.1, -0.05) is 30.3 Å². The highest BCUT2D eigenvalue weighted by molar-refractivity contribution is 5.74. The summed E-state index contributed by atoms with van der Waals surface area (Å²) < 4.78 is 1.88. The predicted molar refractivity (Wildman–Crippen MR) is 56.1 cm³/mol. The average Bonchev–Trinajstić information content (AvgIpc) is 2.30. The maximum absolute atomic E-state index is 11.7. The molecule has 0 aromatic heterocycles. The van der Waals surface area contributed by atoms with E-state index in [2.05, 4.69) is 6.07 Å². The molecule has 0 amide bonds.